The summed E-state index contributed by atoms with van der Waals surface area (Å²) in [5, 5.41) is 4.21. The molecule has 4 nitrogen and oxygen atoms in total. The number of halogens is 1. The molecular weight excluding hydrogens is 318 g/mol. The third-order valence-corrected chi connectivity index (χ3v) is 4.09. The van der Waals surface area contributed by atoms with Crippen LogP contribution in [0.5, 0.6) is 0 Å². The summed E-state index contributed by atoms with van der Waals surface area (Å²) in [4.78, 5) is 12.9. The van der Waals surface area contributed by atoms with Crippen molar-refractivity contribution in [3.63, 3.8) is 0 Å². The first-order chi connectivity index (χ1) is 9.37. The Kier molecular flexibility index (Phi) is 3.99. The molecule has 0 amide bonds. The Morgan fingerprint density at radius 1 is 1.35 bits per heavy atom. The van der Waals surface area contributed by atoms with Crippen LogP contribution in [0.1, 0.15) is 36.8 Å². The number of rotatable bonds is 4. The van der Waals surface area contributed by atoms with Crippen LogP contribution in [0, 0.1) is 0 Å². The minimum absolute atomic E-state index is 0.0356. The van der Waals surface area contributed by atoms with E-state index in [4.69, 9.17) is 5.73 Å². The molecule has 106 valence electrons. The maximum Gasteiger partial charge on any atom is 0.191 e. The number of Topliss-reactive ketones (excluding diaryl/α,β-unsaturated/α-hetero) is 1. The second kappa shape index (κ2) is 5.40. The van der Waals surface area contributed by atoms with Gasteiger partial charge in [-0.15, -0.1) is 0 Å². The van der Waals surface area contributed by atoms with Gasteiger partial charge in [-0.2, -0.15) is 5.10 Å². The molecule has 0 aliphatic carbocycles. The van der Waals surface area contributed by atoms with Crippen LogP contribution in [-0.4, -0.2) is 15.6 Å². The molecule has 0 spiro atoms. The second-order valence-electron chi connectivity index (χ2n) is 5.23. The molecule has 0 radical (unpaired) electrons. The number of nitrogens with two attached hydrogens (primary N) is 1. The van der Waals surface area contributed by atoms with E-state index in [2.05, 4.69) is 21.0 Å². The number of aryl methyl sites for hydroxylation is 1. The molecule has 2 rings (SSSR count). The second-order valence-corrected chi connectivity index (χ2v) is 6.09. The Bertz CT molecular complexity index is 629. The van der Waals surface area contributed by atoms with Crippen molar-refractivity contribution in [1.82, 2.24) is 9.78 Å². The predicted molar refractivity (Wildman–Crippen MR) is 83.8 cm³/mol. The predicted octanol–water partition coefficient (Wildman–Crippen LogP) is 3.41. The number of hydrogen-bond donors (Lipinski definition) is 1. The summed E-state index contributed by atoms with van der Waals surface area (Å²) in [6.07, 6.45) is 1.66. The fraction of sp³-hybridized carbons (Fsp3) is 0.333. The number of benzene rings is 1. The van der Waals surface area contributed by atoms with Gasteiger partial charge in [0, 0.05) is 12.2 Å². The van der Waals surface area contributed by atoms with Crippen LogP contribution in [0.15, 0.2) is 34.9 Å². The number of nitrogen functional groups attached to an aromatic ring is 1. The third kappa shape index (κ3) is 2.50. The normalized spacial score (nSPS) is 11.6. The molecule has 0 saturated carbocycles. The number of nitrogens with zero attached hydrogens (tertiary/aromatic N) is 2. The van der Waals surface area contributed by atoms with Gasteiger partial charge in [-0.1, -0.05) is 12.1 Å². The van der Waals surface area contributed by atoms with E-state index in [1.807, 2.05) is 45.0 Å². The van der Waals surface area contributed by atoms with Crippen LogP contribution in [0.3, 0.4) is 0 Å². The first-order valence-electron chi connectivity index (χ1n) is 6.50. The van der Waals surface area contributed by atoms with Crippen LogP contribution in [0.25, 0.3) is 0 Å². The van der Waals surface area contributed by atoms with E-state index in [-0.39, 0.29) is 5.78 Å². The fourth-order valence-electron chi connectivity index (χ4n) is 2.15. The first-order valence-corrected chi connectivity index (χ1v) is 7.29. The Morgan fingerprint density at radius 3 is 2.50 bits per heavy atom. The van der Waals surface area contributed by atoms with Crippen LogP contribution in [0.4, 0.5) is 5.69 Å². The Morgan fingerprint density at radius 2 is 1.95 bits per heavy atom. The Balaban J connectivity index is 2.45. The smallest absolute Gasteiger partial charge is 0.191 e. The summed E-state index contributed by atoms with van der Waals surface area (Å²) < 4.78 is 2.44. The number of carbonyl (C=O) groups excluding carboxylic acids is 1. The lowest BCUT2D eigenvalue weighted by molar-refractivity contribution is 0.0897. The topological polar surface area (TPSA) is 60.9 Å². The van der Waals surface area contributed by atoms with E-state index in [9.17, 15) is 4.79 Å². The van der Waals surface area contributed by atoms with E-state index >= 15 is 0 Å². The van der Waals surface area contributed by atoms with Crippen LogP contribution >= 0.6 is 15.9 Å². The molecule has 1 aromatic carbocycles. The van der Waals surface area contributed by atoms with Crippen molar-refractivity contribution >= 4 is 27.4 Å². The fourth-order valence-corrected chi connectivity index (χ4v) is 2.63. The van der Waals surface area contributed by atoms with Crippen molar-refractivity contribution in [1.29, 1.82) is 0 Å². The average molecular weight is 336 g/mol. The van der Waals surface area contributed by atoms with Crippen molar-refractivity contribution in [2.24, 2.45) is 0 Å². The molecule has 1 heterocycles. The van der Waals surface area contributed by atoms with Gasteiger partial charge in [-0.3, -0.25) is 9.48 Å². The van der Waals surface area contributed by atoms with Crippen LogP contribution in [0.2, 0.25) is 0 Å². The van der Waals surface area contributed by atoms with Gasteiger partial charge in [0.2, 0.25) is 0 Å². The molecule has 2 aromatic rings. The lowest BCUT2D eigenvalue weighted by Crippen LogP contribution is -2.31. The number of anilines is 1. The van der Waals surface area contributed by atoms with Gasteiger partial charge in [0.05, 0.1) is 16.1 Å². The molecule has 2 N–H and O–H groups in total. The summed E-state index contributed by atoms with van der Waals surface area (Å²) >= 11 is 3.41. The third-order valence-electron chi connectivity index (χ3n) is 3.51. The Hall–Kier alpha value is -1.62. The summed E-state index contributed by atoms with van der Waals surface area (Å²) in [7, 11) is 0. The van der Waals surface area contributed by atoms with Gasteiger partial charge in [0.1, 0.15) is 5.69 Å². The van der Waals surface area contributed by atoms with E-state index in [1.54, 1.807) is 10.9 Å². The maximum absolute atomic E-state index is 12.9. The standard InChI is InChI=1S/C15H18BrN3O/c1-4-19-13(12(16)9-18-19)14(20)15(2,3)10-5-7-11(17)8-6-10/h5-9H,4,17H2,1-3H3. The molecule has 0 bridgehead atoms. The monoisotopic (exact) mass is 335 g/mol. The molecule has 0 atom stereocenters. The molecule has 0 saturated heterocycles. The molecule has 20 heavy (non-hydrogen) atoms. The van der Waals surface area contributed by atoms with E-state index in [0.29, 0.717) is 17.9 Å². The van der Waals surface area contributed by atoms with Gasteiger partial charge >= 0.3 is 0 Å². The molecule has 0 fully saturated rings. The van der Waals surface area contributed by atoms with Crippen LogP contribution in [-0.2, 0) is 12.0 Å². The first kappa shape index (κ1) is 14.8. The number of hydrogen-bond acceptors (Lipinski definition) is 3. The minimum atomic E-state index is -0.636. The van der Waals surface area contributed by atoms with Gasteiger partial charge in [-0.25, -0.2) is 0 Å². The average Bonchev–Trinajstić information content (AvgIpc) is 2.79. The van der Waals surface area contributed by atoms with E-state index in [0.717, 1.165) is 10.0 Å². The summed E-state index contributed by atoms with van der Waals surface area (Å²) in [6.45, 7) is 6.46. The van der Waals surface area contributed by atoms with E-state index < -0.39 is 5.41 Å². The zero-order valence-electron chi connectivity index (χ0n) is 11.9. The molecule has 0 aliphatic rings. The minimum Gasteiger partial charge on any atom is -0.399 e. The molecular formula is C15H18BrN3O. The lowest BCUT2D eigenvalue weighted by Gasteiger charge is -2.24. The highest BCUT2D eigenvalue weighted by Gasteiger charge is 2.34. The van der Waals surface area contributed by atoms with Gasteiger partial charge in [0.25, 0.3) is 0 Å². The van der Waals surface area contributed by atoms with Crippen molar-refractivity contribution < 1.29 is 4.79 Å². The maximum atomic E-state index is 12.9. The van der Waals surface area contributed by atoms with Crippen LogP contribution < -0.4 is 5.73 Å². The van der Waals surface area contributed by atoms with Gasteiger partial charge in [0.15, 0.2) is 5.78 Å². The molecule has 5 heteroatoms. The molecule has 1 aromatic heterocycles. The highest BCUT2D eigenvalue weighted by molar-refractivity contribution is 9.10. The highest BCUT2D eigenvalue weighted by atomic mass is 79.9. The van der Waals surface area contributed by atoms with E-state index in [1.165, 1.54) is 0 Å². The largest absolute Gasteiger partial charge is 0.399 e. The lowest BCUT2D eigenvalue weighted by atomic mass is 9.79. The summed E-state index contributed by atoms with van der Waals surface area (Å²) in [5.41, 5.74) is 7.30. The quantitative estimate of drug-likeness (QED) is 0.687. The number of aromatic nitrogens is 2. The van der Waals surface area contributed by atoms with Gasteiger partial charge in [-0.05, 0) is 54.4 Å². The molecule has 0 aliphatic heterocycles. The van der Waals surface area contributed by atoms with Crippen molar-refractivity contribution in [3.05, 3.63) is 46.2 Å². The van der Waals surface area contributed by atoms with Crippen molar-refractivity contribution in [2.45, 2.75) is 32.7 Å². The number of ketones is 1. The van der Waals surface area contributed by atoms with Crippen molar-refractivity contribution in [2.75, 3.05) is 5.73 Å². The van der Waals surface area contributed by atoms with Crippen molar-refractivity contribution in [3.8, 4) is 0 Å². The number of carbonyl (C=O) groups is 1. The van der Waals surface area contributed by atoms with Gasteiger partial charge < -0.3 is 5.73 Å². The Labute approximate surface area is 127 Å². The zero-order valence-corrected chi connectivity index (χ0v) is 13.4. The zero-order chi connectivity index (χ0) is 14.9. The summed E-state index contributed by atoms with van der Waals surface area (Å²) in [5.74, 6) is 0.0356. The SMILES string of the molecule is CCn1ncc(Br)c1C(=O)C(C)(C)c1ccc(N)cc1. The highest BCUT2D eigenvalue weighted by Crippen LogP contribution is 2.31. The summed E-state index contributed by atoms with van der Waals surface area (Å²) in [6, 6.07) is 7.43. The molecule has 0 unspecified atom stereocenters.